The molecule has 0 radical (unpaired) electrons. The van der Waals surface area contributed by atoms with Crippen LogP contribution in [0.4, 0.5) is 8.78 Å². The molecule has 0 aromatic heterocycles. The Balaban J connectivity index is 0.000000242. The van der Waals surface area contributed by atoms with E-state index in [9.17, 15) is 23.5 Å². The third-order valence-corrected chi connectivity index (χ3v) is 19.0. The normalized spacial score (nSPS) is 14.9. The fourth-order valence-electron chi connectivity index (χ4n) is 12.9. The monoisotopic (exact) mass is 1150 g/mol. The number of carbonyl (C=O) groups excluding carboxylic acids is 2. The van der Waals surface area contributed by atoms with Gasteiger partial charge in [-0.25, -0.2) is 8.78 Å². The fraction of sp³-hybridized carbons (Fsp3) is 0.440. The Morgan fingerprint density at radius 1 is 0.560 bits per heavy atom. The Bertz CT molecular complexity index is 3430. The number of esters is 2. The van der Waals surface area contributed by atoms with Crippen molar-refractivity contribution in [3.05, 3.63) is 188 Å². The lowest BCUT2D eigenvalue weighted by Crippen LogP contribution is -2.43. The molecular formula is C75H90F2O6Si. The van der Waals surface area contributed by atoms with E-state index >= 15 is 0 Å². The minimum atomic E-state index is -1.73. The van der Waals surface area contributed by atoms with E-state index < -0.39 is 31.7 Å². The largest absolute Gasteiger partial charge is 0.469 e. The third-order valence-electron chi connectivity index (χ3n) is 18.0. The van der Waals surface area contributed by atoms with Crippen molar-refractivity contribution in [2.24, 2.45) is 0 Å². The summed E-state index contributed by atoms with van der Waals surface area (Å²) in [5.41, 5.74) is 14.3. The van der Waals surface area contributed by atoms with Crippen LogP contribution in [0.15, 0.2) is 109 Å². The highest BCUT2D eigenvalue weighted by Crippen LogP contribution is 2.44. The third kappa shape index (κ3) is 15.4. The number of hydrogen-bond acceptors (Lipinski definition) is 6. The lowest BCUT2D eigenvalue weighted by Gasteiger charge is -2.38. The SMILES string of the molecule is CCC(CC)(c1ccc(C#CC2(O)CCCCC2)c(C)c1)c1ccc(-c2ccc(CC(=O)OC)c(F)c2)c(C)c1.CCC(CC)(c1ccc(C#CC2(O[Si](C)(C)C)CCCCC2)c(C)c1)c1ccc(-c2ccc(COC(C)=O)c(F)c2)c(C)c1. The maximum atomic E-state index is 14.8. The zero-order valence-corrected chi connectivity index (χ0v) is 53.5. The Hall–Kier alpha value is -6.62. The van der Waals surface area contributed by atoms with Crippen LogP contribution in [0.2, 0.25) is 19.6 Å². The van der Waals surface area contributed by atoms with E-state index in [1.165, 1.54) is 79.7 Å². The van der Waals surface area contributed by atoms with Crippen molar-refractivity contribution in [1.82, 2.24) is 0 Å². The molecule has 9 heteroatoms. The number of halogens is 2. The van der Waals surface area contributed by atoms with Crippen LogP contribution in [0, 0.1) is 63.0 Å². The van der Waals surface area contributed by atoms with Gasteiger partial charge in [-0.1, -0.05) is 149 Å². The first-order valence-electron chi connectivity index (χ1n) is 30.7. The van der Waals surface area contributed by atoms with E-state index in [-0.39, 0.29) is 35.3 Å². The molecule has 1 N–H and O–H groups in total. The molecule has 2 aliphatic carbocycles. The summed E-state index contributed by atoms with van der Waals surface area (Å²) in [5, 5.41) is 10.8. The summed E-state index contributed by atoms with van der Waals surface area (Å²) in [5.74, 6) is 12.0. The van der Waals surface area contributed by atoms with Crippen LogP contribution in [0.1, 0.15) is 191 Å². The number of carbonyl (C=O) groups is 2. The maximum Gasteiger partial charge on any atom is 0.310 e. The molecule has 0 aliphatic heterocycles. The molecular weight excluding hydrogens is 1060 g/mol. The summed E-state index contributed by atoms with van der Waals surface area (Å²) in [6.45, 7) is 25.4. The lowest BCUT2D eigenvalue weighted by molar-refractivity contribution is -0.142. The topological polar surface area (TPSA) is 82.1 Å². The number of methoxy groups -OCH3 is 1. The molecule has 6 aromatic carbocycles. The predicted molar refractivity (Wildman–Crippen MR) is 341 cm³/mol. The van der Waals surface area contributed by atoms with E-state index in [1.54, 1.807) is 12.1 Å². The Morgan fingerprint density at radius 3 is 1.37 bits per heavy atom. The molecule has 0 saturated heterocycles. The van der Waals surface area contributed by atoms with Gasteiger partial charge in [-0.3, -0.25) is 9.59 Å². The zero-order valence-electron chi connectivity index (χ0n) is 52.5. The molecule has 0 heterocycles. The molecule has 84 heavy (non-hydrogen) atoms. The van der Waals surface area contributed by atoms with Gasteiger partial charge in [0.05, 0.1) is 13.5 Å². The van der Waals surface area contributed by atoms with Gasteiger partial charge in [0, 0.05) is 34.4 Å². The van der Waals surface area contributed by atoms with Crippen molar-refractivity contribution < 1.29 is 37.4 Å². The van der Waals surface area contributed by atoms with Crippen molar-refractivity contribution >= 4 is 20.3 Å². The standard InChI is InChI=1S/C39H49FO3Si.C36H41FO3/c1-9-39(10-2,35-18-19-36(29(4)25-35)32-14-15-33(37(40)26-32)27-42-30(5)41)34-17-16-31(28(3)24-34)20-23-38(43-44(6,7)8)21-12-11-13-22-38;1-6-36(7-2,30-14-13-27(25(3)21-30)17-20-35(39)18-9-8-10-19-35)31-15-16-32(26(4)22-31)28-11-12-29(33(37)23-28)24-34(38)40-5/h14-19,24-26H,9-13,21-22,27H2,1-8H3;11-16,21-23,39H,6-10,18-19,24H2,1-5H3. The summed E-state index contributed by atoms with van der Waals surface area (Å²) >= 11 is 0. The van der Waals surface area contributed by atoms with Gasteiger partial charge in [-0.15, -0.1) is 0 Å². The second-order valence-corrected chi connectivity index (χ2v) is 29.1. The van der Waals surface area contributed by atoms with Gasteiger partial charge in [-0.05, 0) is 221 Å². The molecule has 6 nitrogen and oxygen atoms in total. The van der Waals surface area contributed by atoms with Crippen molar-refractivity contribution in [2.75, 3.05) is 7.11 Å². The quantitative estimate of drug-likeness (QED) is 0.0591. The molecule has 0 bridgehead atoms. The fourth-order valence-corrected chi connectivity index (χ4v) is 14.4. The molecule has 8 rings (SSSR count). The number of rotatable bonds is 16. The van der Waals surface area contributed by atoms with Crippen molar-refractivity contribution in [3.8, 4) is 45.9 Å². The first kappa shape index (κ1) is 64.9. The highest BCUT2D eigenvalue weighted by molar-refractivity contribution is 6.69. The summed E-state index contributed by atoms with van der Waals surface area (Å²) < 4.78 is 46.0. The number of aliphatic hydroxyl groups is 1. The molecule has 0 unspecified atom stereocenters. The summed E-state index contributed by atoms with van der Waals surface area (Å²) in [6.07, 6.45) is 14.1. The maximum absolute atomic E-state index is 14.8. The Labute approximate surface area is 502 Å². The summed E-state index contributed by atoms with van der Waals surface area (Å²) in [4.78, 5) is 22.7. The minimum absolute atomic E-state index is 0.0637. The van der Waals surface area contributed by atoms with Crippen LogP contribution >= 0.6 is 0 Å². The predicted octanol–water partition coefficient (Wildman–Crippen LogP) is 18.2. The van der Waals surface area contributed by atoms with Crippen LogP contribution in [0.25, 0.3) is 22.3 Å². The van der Waals surface area contributed by atoms with Gasteiger partial charge in [0.2, 0.25) is 0 Å². The van der Waals surface area contributed by atoms with E-state index in [0.29, 0.717) is 11.1 Å². The summed E-state index contributed by atoms with van der Waals surface area (Å²) in [6, 6.07) is 36.5. The van der Waals surface area contributed by atoms with Crippen LogP contribution in [-0.4, -0.2) is 43.7 Å². The van der Waals surface area contributed by atoms with Gasteiger partial charge < -0.3 is 19.0 Å². The first-order valence-corrected chi connectivity index (χ1v) is 34.1. The molecule has 6 aromatic rings. The smallest absolute Gasteiger partial charge is 0.310 e. The molecule has 0 spiro atoms. The molecule has 444 valence electrons. The molecule has 2 fully saturated rings. The number of benzene rings is 6. The van der Waals surface area contributed by atoms with Crippen molar-refractivity contribution in [3.63, 3.8) is 0 Å². The van der Waals surface area contributed by atoms with Crippen molar-refractivity contribution in [1.29, 1.82) is 0 Å². The van der Waals surface area contributed by atoms with E-state index in [0.717, 1.165) is 114 Å². The highest BCUT2D eigenvalue weighted by atomic mass is 28.4. The van der Waals surface area contributed by atoms with Crippen molar-refractivity contribution in [2.45, 2.75) is 207 Å². The average molecular weight is 1150 g/mol. The van der Waals surface area contributed by atoms with Crippen LogP contribution < -0.4 is 0 Å². The van der Waals surface area contributed by atoms with Crippen LogP contribution in [0.5, 0.6) is 0 Å². The molecule has 0 amide bonds. The lowest BCUT2D eigenvalue weighted by atomic mass is 9.69. The van der Waals surface area contributed by atoms with Gasteiger partial charge in [-0.2, -0.15) is 0 Å². The van der Waals surface area contributed by atoms with Crippen LogP contribution in [0.3, 0.4) is 0 Å². The van der Waals surface area contributed by atoms with Gasteiger partial charge in [0.25, 0.3) is 0 Å². The number of ether oxygens (including phenoxy) is 2. The number of aryl methyl sites for hydroxylation is 4. The first-order chi connectivity index (χ1) is 40.0. The molecule has 0 atom stereocenters. The van der Waals surface area contributed by atoms with E-state index in [4.69, 9.17) is 9.16 Å². The summed E-state index contributed by atoms with van der Waals surface area (Å²) in [7, 11) is -0.426. The molecule has 2 aliphatic rings. The van der Waals surface area contributed by atoms with Gasteiger partial charge >= 0.3 is 11.9 Å². The second kappa shape index (κ2) is 28.1. The van der Waals surface area contributed by atoms with Gasteiger partial charge in [0.15, 0.2) is 8.32 Å². The average Bonchev–Trinajstić information content (AvgIpc) is 1.81. The van der Waals surface area contributed by atoms with Crippen LogP contribution in [-0.2, 0) is 47.3 Å². The molecule has 2 saturated carbocycles. The van der Waals surface area contributed by atoms with E-state index in [1.807, 2.05) is 12.1 Å². The minimum Gasteiger partial charge on any atom is -0.469 e. The number of hydrogen-bond donors (Lipinski definition) is 1. The highest BCUT2D eigenvalue weighted by Gasteiger charge is 2.37. The van der Waals surface area contributed by atoms with E-state index in [2.05, 4.69) is 176 Å². The van der Waals surface area contributed by atoms with Gasteiger partial charge in [0.1, 0.15) is 29.4 Å². The Kier molecular flexibility index (Phi) is 21.7. The zero-order chi connectivity index (χ0) is 61.0. The second-order valence-electron chi connectivity index (χ2n) is 24.7. The Morgan fingerprint density at radius 2 is 0.976 bits per heavy atom.